The van der Waals surface area contributed by atoms with Gasteiger partial charge in [0, 0.05) is 6.04 Å². The molecule has 4 N–H and O–H groups in total. The van der Waals surface area contributed by atoms with Crippen LogP contribution in [0.2, 0.25) is 0 Å². The molecule has 1 atom stereocenters. The molecular formula is C11H17N3O2S. The SMILES string of the molecule is CCC(C)Nc1c(N)c(S)nc(C)c1C(=O)O. The number of nitrogens with zero attached hydrogens (tertiary/aromatic N) is 1. The summed E-state index contributed by atoms with van der Waals surface area (Å²) in [5, 5.41) is 12.6. The molecule has 0 spiro atoms. The molecule has 6 heteroatoms. The topological polar surface area (TPSA) is 88.2 Å². The number of rotatable bonds is 4. The highest BCUT2D eigenvalue weighted by Gasteiger charge is 2.20. The maximum Gasteiger partial charge on any atom is 0.339 e. The van der Waals surface area contributed by atoms with Crippen molar-refractivity contribution in [2.45, 2.75) is 38.3 Å². The Labute approximate surface area is 106 Å². The van der Waals surface area contributed by atoms with E-state index in [1.54, 1.807) is 6.92 Å². The zero-order chi connectivity index (χ0) is 13.2. The number of thiol groups is 1. The molecule has 0 fully saturated rings. The minimum Gasteiger partial charge on any atom is -0.478 e. The average molecular weight is 255 g/mol. The predicted molar refractivity (Wildman–Crippen MR) is 71.0 cm³/mol. The fourth-order valence-electron chi connectivity index (χ4n) is 1.46. The van der Waals surface area contributed by atoms with Crippen LogP contribution < -0.4 is 11.1 Å². The Morgan fingerprint density at radius 2 is 2.24 bits per heavy atom. The van der Waals surface area contributed by atoms with E-state index in [9.17, 15) is 9.90 Å². The summed E-state index contributed by atoms with van der Waals surface area (Å²) in [5.74, 6) is -1.04. The normalized spacial score (nSPS) is 12.2. The van der Waals surface area contributed by atoms with Gasteiger partial charge in [0.05, 0.1) is 17.1 Å². The van der Waals surface area contributed by atoms with Gasteiger partial charge in [0.2, 0.25) is 0 Å². The molecule has 5 nitrogen and oxygen atoms in total. The lowest BCUT2D eigenvalue weighted by atomic mass is 10.1. The van der Waals surface area contributed by atoms with Crippen LogP contribution in [-0.4, -0.2) is 22.1 Å². The van der Waals surface area contributed by atoms with Crippen molar-refractivity contribution < 1.29 is 9.90 Å². The number of nitrogen functional groups attached to an aromatic ring is 1. The van der Waals surface area contributed by atoms with E-state index in [2.05, 4.69) is 22.9 Å². The lowest BCUT2D eigenvalue weighted by Gasteiger charge is -2.19. The molecular weight excluding hydrogens is 238 g/mol. The largest absolute Gasteiger partial charge is 0.478 e. The van der Waals surface area contributed by atoms with E-state index in [1.807, 2.05) is 13.8 Å². The highest BCUT2D eigenvalue weighted by molar-refractivity contribution is 7.80. The average Bonchev–Trinajstić information content (AvgIpc) is 2.24. The first-order valence-corrected chi connectivity index (χ1v) is 5.82. The van der Waals surface area contributed by atoms with Crippen molar-refractivity contribution in [3.05, 3.63) is 11.3 Å². The Kier molecular flexibility index (Phi) is 4.22. The van der Waals surface area contributed by atoms with E-state index in [-0.39, 0.29) is 17.3 Å². The molecule has 1 aromatic heterocycles. The zero-order valence-electron chi connectivity index (χ0n) is 10.1. The van der Waals surface area contributed by atoms with Crippen molar-refractivity contribution in [1.82, 2.24) is 4.98 Å². The smallest absolute Gasteiger partial charge is 0.339 e. The van der Waals surface area contributed by atoms with Gasteiger partial charge in [-0.15, -0.1) is 12.6 Å². The number of pyridine rings is 1. The van der Waals surface area contributed by atoms with Gasteiger partial charge in [0.1, 0.15) is 10.6 Å². The van der Waals surface area contributed by atoms with E-state index in [0.717, 1.165) is 6.42 Å². The minimum atomic E-state index is -1.04. The fraction of sp³-hybridized carbons (Fsp3) is 0.455. The van der Waals surface area contributed by atoms with Crippen molar-refractivity contribution in [3.63, 3.8) is 0 Å². The quantitative estimate of drug-likeness (QED) is 0.619. The maximum atomic E-state index is 11.2. The van der Waals surface area contributed by atoms with Gasteiger partial charge in [0.25, 0.3) is 0 Å². The van der Waals surface area contributed by atoms with Crippen molar-refractivity contribution in [1.29, 1.82) is 0 Å². The summed E-state index contributed by atoms with van der Waals surface area (Å²) in [6.45, 7) is 5.59. The highest BCUT2D eigenvalue weighted by atomic mass is 32.1. The molecule has 0 bridgehead atoms. The number of aryl methyl sites for hydroxylation is 1. The third-order valence-electron chi connectivity index (χ3n) is 2.61. The zero-order valence-corrected chi connectivity index (χ0v) is 11.0. The first-order chi connectivity index (χ1) is 7.88. The Morgan fingerprint density at radius 3 is 2.71 bits per heavy atom. The Morgan fingerprint density at radius 1 is 1.65 bits per heavy atom. The van der Waals surface area contributed by atoms with E-state index in [1.165, 1.54) is 0 Å². The lowest BCUT2D eigenvalue weighted by molar-refractivity contribution is 0.0696. The van der Waals surface area contributed by atoms with Crippen molar-refractivity contribution in [2.24, 2.45) is 0 Å². The van der Waals surface area contributed by atoms with Crippen LogP contribution in [0.15, 0.2) is 5.03 Å². The number of nitrogens with one attached hydrogen (secondary N) is 1. The van der Waals surface area contributed by atoms with Gasteiger partial charge < -0.3 is 16.2 Å². The molecule has 0 aliphatic carbocycles. The van der Waals surface area contributed by atoms with E-state index >= 15 is 0 Å². The standard InChI is InChI=1S/C11H17N3O2S/c1-4-5(2)13-9-7(11(15)16)6(3)14-10(17)8(9)12/h5H,4,12H2,1-3H3,(H,15,16)(H2,13,14,17). The van der Waals surface area contributed by atoms with Crippen molar-refractivity contribution in [3.8, 4) is 0 Å². The van der Waals surface area contributed by atoms with Crippen LogP contribution in [-0.2, 0) is 0 Å². The number of carbonyl (C=O) groups is 1. The lowest BCUT2D eigenvalue weighted by Crippen LogP contribution is -2.19. The van der Waals surface area contributed by atoms with Gasteiger partial charge >= 0.3 is 5.97 Å². The van der Waals surface area contributed by atoms with Crippen LogP contribution in [0.3, 0.4) is 0 Å². The number of carboxylic acids is 1. The summed E-state index contributed by atoms with van der Waals surface area (Å²) >= 11 is 4.14. The van der Waals surface area contributed by atoms with E-state index < -0.39 is 5.97 Å². The van der Waals surface area contributed by atoms with E-state index in [4.69, 9.17) is 5.73 Å². The molecule has 0 aliphatic heterocycles. The van der Waals surface area contributed by atoms with Gasteiger partial charge in [-0.05, 0) is 20.3 Å². The number of nitrogens with two attached hydrogens (primary N) is 1. The number of aromatic nitrogens is 1. The first kappa shape index (κ1) is 13.6. The number of anilines is 2. The van der Waals surface area contributed by atoms with Gasteiger partial charge in [-0.2, -0.15) is 0 Å². The molecule has 0 saturated carbocycles. The molecule has 0 amide bonds. The summed E-state index contributed by atoms with van der Waals surface area (Å²) in [6.07, 6.45) is 0.863. The van der Waals surface area contributed by atoms with Crippen LogP contribution in [0.4, 0.5) is 11.4 Å². The minimum absolute atomic E-state index is 0.112. The number of hydrogen-bond donors (Lipinski definition) is 4. The van der Waals surface area contributed by atoms with Crippen molar-refractivity contribution >= 4 is 30.0 Å². The maximum absolute atomic E-state index is 11.2. The van der Waals surface area contributed by atoms with Crippen LogP contribution in [0.25, 0.3) is 0 Å². The highest BCUT2D eigenvalue weighted by Crippen LogP contribution is 2.31. The Balaban J connectivity index is 3.37. The molecule has 1 rings (SSSR count). The van der Waals surface area contributed by atoms with Gasteiger partial charge in [-0.3, -0.25) is 0 Å². The summed E-state index contributed by atoms with van der Waals surface area (Å²) < 4.78 is 0. The second kappa shape index (κ2) is 5.27. The second-order valence-corrected chi connectivity index (χ2v) is 4.37. The molecule has 0 radical (unpaired) electrons. The van der Waals surface area contributed by atoms with Crippen LogP contribution in [0, 0.1) is 6.92 Å². The molecule has 94 valence electrons. The summed E-state index contributed by atoms with van der Waals surface area (Å²) in [7, 11) is 0. The molecule has 1 aromatic rings. The molecule has 0 aliphatic rings. The molecule has 1 unspecified atom stereocenters. The Bertz CT molecular complexity index is 449. The molecule has 0 aromatic carbocycles. The van der Waals surface area contributed by atoms with Crippen LogP contribution >= 0.6 is 12.6 Å². The molecule has 17 heavy (non-hydrogen) atoms. The van der Waals surface area contributed by atoms with E-state index in [0.29, 0.717) is 16.4 Å². The van der Waals surface area contributed by atoms with Crippen molar-refractivity contribution in [2.75, 3.05) is 11.1 Å². The predicted octanol–water partition coefficient (Wildman–Crippen LogP) is 2.17. The van der Waals surface area contributed by atoms with Crippen LogP contribution in [0.5, 0.6) is 0 Å². The summed E-state index contributed by atoms with van der Waals surface area (Å²) in [5.41, 5.74) is 7.03. The van der Waals surface area contributed by atoms with Gasteiger partial charge in [-0.25, -0.2) is 9.78 Å². The van der Waals surface area contributed by atoms with Gasteiger partial charge in [-0.1, -0.05) is 6.92 Å². The summed E-state index contributed by atoms with van der Waals surface area (Å²) in [6, 6.07) is 0.130. The third-order valence-corrected chi connectivity index (χ3v) is 2.95. The number of aromatic carboxylic acids is 1. The molecule has 1 heterocycles. The first-order valence-electron chi connectivity index (χ1n) is 5.37. The van der Waals surface area contributed by atoms with Gasteiger partial charge in [0.15, 0.2) is 0 Å². The number of carboxylic acid groups (broad SMARTS) is 1. The molecule has 0 saturated heterocycles. The monoisotopic (exact) mass is 255 g/mol. The van der Waals surface area contributed by atoms with Crippen LogP contribution in [0.1, 0.15) is 36.3 Å². The number of hydrogen-bond acceptors (Lipinski definition) is 5. The Hall–Kier alpha value is -1.43. The second-order valence-electron chi connectivity index (χ2n) is 3.94. The third kappa shape index (κ3) is 2.82. The fourth-order valence-corrected chi connectivity index (χ4v) is 1.72. The summed E-state index contributed by atoms with van der Waals surface area (Å²) in [4.78, 5) is 15.2.